The van der Waals surface area contributed by atoms with Gasteiger partial charge in [-0.1, -0.05) is 13.3 Å². The molecule has 1 aliphatic heterocycles. The number of hydrogen-bond acceptors (Lipinski definition) is 3. The first kappa shape index (κ1) is 12.4. The minimum atomic E-state index is -0.222. The highest BCUT2D eigenvalue weighted by molar-refractivity contribution is 5.84. The average Bonchev–Trinajstić information content (AvgIpc) is 2.74. The third-order valence-corrected chi connectivity index (χ3v) is 3.84. The fourth-order valence-electron chi connectivity index (χ4n) is 2.87. The summed E-state index contributed by atoms with van der Waals surface area (Å²) in [5.41, 5.74) is 0. The molecular weight excluding hydrogens is 218 g/mol. The number of unbranched alkanes of at least 4 members (excludes halogenated alkanes) is 1. The Morgan fingerprint density at radius 3 is 3.06 bits per heavy atom. The molecule has 1 saturated heterocycles. The van der Waals surface area contributed by atoms with Crippen LogP contribution in [-0.2, 0) is 9.53 Å². The molecule has 2 rings (SSSR count). The Labute approximate surface area is 102 Å². The summed E-state index contributed by atoms with van der Waals surface area (Å²) >= 11 is 0. The number of ketones is 1. The number of carbonyl (C=O) groups excluding carboxylic acids is 2. The smallest absolute Gasteiger partial charge is 0.410 e. The highest BCUT2D eigenvalue weighted by Gasteiger charge is 2.43. The molecule has 96 valence electrons. The Balaban J connectivity index is 1.89. The van der Waals surface area contributed by atoms with Crippen LogP contribution in [0.3, 0.4) is 0 Å². The lowest BCUT2D eigenvalue weighted by Crippen LogP contribution is -2.42. The van der Waals surface area contributed by atoms with Crippen molar-refractivity contribution in [2.24, 2.45) is 5.92 Å². The first-order chi connectivity index (χ1) is 8.24. The van der Waals surface area contributed by atoms with Crippen LogP contribution in [-0.4, -0.2) is 36.0 Å². The van der Waals surface area contributed by atoms with E-state index in [4.69, 9.17) is 4.74 Å². The van der Waals surface area contributed by atoms with Crippen LogP contribution in [0.2, 0.25) is 0 Å². The van der Waals surface area contributed by atoms with Crippen molar-refractivity contribution in [1.82, 2.24) is 4.90 Å². The van der Waals surface area contributed by atoms with E-state index in [1.54, 1.807) is 4.90 Å². The fraction of sp³-hybridized carbons (Fsp3) is 0.846. The molecule has 2 fully saturated rings. The van der Waals surface area contributed by atoms with Crippen LogP contribution < -0.4 is 0 Å². The molecule has 1 aliphatic carbocycles. The van der Waals surface area contributed by atoms with Gasteiger partial charge in [-0.3, -0.25) is 4.79 Å². The summed E-state index contributed by atoms with van der Waals surface area (Å²) in [6, 6.07) is 0.116. The van der Waals surface area contributed by atoms with Crippen molar-refractivity contribution >= 4 is 11.9 Å². The number of likely N-dealkylation sites (tertiary alicyclic amines) is 1. The van der Waals surface area contributed by atoms with Crippen LogP contribution in [0.1, 0.15) is 45.4 Å². The van der Waals surface area contributed by atoms with E-state index in [0.717, 1.165) is 32.1 Å². The third kappa shape index (κ3) is 2.61. The molecule has 0 aromatic carbocycles. The topological polar surface area (TPSA) is 46.6 Å². The zero-order chi connectivity index (χ0) is 12.3. The van der Waals surface area contributed by atoms with Crippen molar-refractivity contribution < 1.29 is 14.3 Å². The zero-order valence-electron chi connectivity index (χ0n) is 10.5. The molecule has 2 atom stereocenters. The van der Waals surface area contributed by atoms with Crippen molar-refractivity contribution in [3.63, 3.8) is 0 Å². The van der Waals surface area contributed by atoms with E-state index >= 15 is 0 Å². The number of hydrogen-bond donors (Lipinski definition) is 0. The minimum absolute atomic E-state index is 0.0856. The average molecular weight is 239 g/mol. The molecule has 0 N–H and O–H groups in total. The molecule has 17 heavy (non-hydrogen) atoms. The van der Waals surface area contributed by atoms with Crippen LogP contribution in [0, 0.1) is 5.92 Å². The molecule has 0 aromatic heterocycles. The Bertz CT molecular complexity index is 303. The Hall–Kier alpha value is -1.06. The molecule has 0 radical (unpaired) electrons. The molecule has 4 heteroatoms. The van der Waals surface area contributed by atoms with Crippen molar-refractivity contribution in [2.75, 3.05) is 13.2 Å². The van der Waals surface area contributed by atoms with Gasteiger partial charge in [0.05, 0.1) is 6.61 Å². The van der Waals surface area contributed by atoms with E-state index in [0.29, 0.717) is 25.4 Å². The lowest BCUT2D eigenvalue weighted by atomic mass is 9.84. The van der Waals surface area contributed by atoms with E-state index < -0.39 is 0 Å². The number of fused-ring (bicyclic) bond motifs is 1. The van der Waals surface area contributed by atoms with Gasteiger partial charge in [-0.15, -0.1) is 0 Å². The number of rotatable bonds is 3. The van der Waals surface area contributed by atoms with Crippen LogP contribution in [0.4, 0.5) is 4.79 Å². The van der Waals surface area contributed by atoms with Crippen LogP contribution in [0.15, 0.2) is 0 Å². The molecule has 1 saturated carbocycles. The SMILES string of the molecule is CCCCOC(=O)N1CCC2C(=O)CCCC21. The van der Waals surface area contributed by atoms with E-state index in [-0.39, 0.29) is 18.1 Å². The molecule has 4 nitrogen and oxygen atoms in total. The second-order valence-corrected chi connectivity index (χ2v) is 4.98. The summed E-state index contributed by atoms with van der Waals surface area (Å²) in [6.45, 7) is 3.25. The number of Topliss-reactive ketones (excluding diaryl/α,β-unsaturated/α-hetero) is 1. The highest BCUT2D eigenvalue weighted by atomic mass is 16.6. The standard InChI is InChI=1S/C13H21NO3/c1-2-3-9-17-13(16)14-8-7-10-11(14)5-4-6-12(10)15/h10-11H,2-9H2,1H3. The van der Waals surface area contributed by atoms with Crippen molar-refractivity contribution in [1.29, 1.82) is 0 Å². The first-order valence-corrected chi connectivity index (χ1v) is 6.70. The van der Waals surface area contributed by atoms with Crippen LogP contribution >= 0.6 is 0 Å². The molecule has 2 aliphatic rings. The normalized spacial score (nSPS) is 28.1. The van der Waals surface area contributed by atoms with Gasteiger partial charge >= 0.3 is 6.09 Å². The number of amides is 1. The van der Waals surface area contributed by atoms with Crippen molar-refractivity contribution in [3.8, 4) is 0 Å². The second-order valence-electron chi connectivity index (χ2n) is 4.98. The Kier molecular flexibility index (Phi) is 4.02. The number of carbonyl (C=O) groups is 2. The van der Waals surface area contributed by atoms with E-state index in [1.807, 2.05) is 0 Å². The van der Waals surface area contributed by atoms with Crippen molar-refractivity contribution in [2.45, 2.75) is 51.5 Å². The number of ether oxygens (including phenoxy) is 1. The predicted octanol–water partition coefficient (Wildman–Crippen LogP) is 2.37. The van der Waals surface area contributed by atoms with Gasteiger partial charge in [0.1, 0.15) is 5.78 Å². The van der Waals surface area contributed by atoms with Gasteiger partial charge in [-0.2, -0.15) is 0 Å². The summed E-state index contributed by atoms with van der Waals surface area (Å²) in [5.74, 6) is 0.424. The fourth-order valence-corrected chi connectivity index (χ4v) is 2.87. The maximum Gasteiger partial charge on any atom is 0.410 e. The quantitative estimate of drug-likeness (QED) is 0.710. The van der Waals surface area contributed by atoms with E-state index in [2.05, 4.69) is 6.92 Å². The second kappa shape index (κ2) is 5.52. The molecule has 0 bridgehead atoms. The predicted molar refractivity (Wildman–Crippen MR) is 63.7 cm³/mol. The van der Waals surface area contributed by atoms with Gasteiger partial charge in [0.25, 0.3) is 0 Å². The number of nitrogens with zero attached hydrogens (tertiary/aromatic N) is 1. The summed E-state index contributed by atoms with van der Waals surface area (Å²) in [6.07, 6.45) is 5.11. The molecule has 1 heterocycles. The minimum Gasteiger partial charge on any atom is -0.449 e. The molecule has 0 spiro atoms. The largest absolute Gasteiger partial charge is 0.449 e. The van der Waals surface area contributed by atoms with E-state index in [9.17, 15) is 9.59 Å². The van der Waals surface area contributed by atoms with Crippen LogP contribution in [0.25, 0.3) is 0 Å². The monoisotopic (exact) mass is 239 g/mol. The zero-order valence-corrected chi connectivity index (χ0v) is 10.5. The van der Waals surface area contributed by atoms with Gasteiger partial charge in [-0.05, 0) is 25.7 Å². The lowest BCUT2D eigenvalue weighted by Gasteiger charge is -2.30. The van der Waals surface area contributed by atoms with Gasteiger partial charge in [0, 0.05) is 24.9 Å². The Morgan fingerprint density at radius 1 is 1.47 bits per heavy atom. The van der Waals surface area contributed by atoms with Gasteiger partial charge in [0.15, 0.2) is 0 Å². The summed E-state index contributed by atoms with van der Waals surface area (Å²) in [4.78, 5) is 25.4. The van der Waals surface area contributed by atoms with Gasteiger partial charge in [-0.25, -0.2) is 4.79 Å². The van der Waals surface area contributed by atoms with E-state index in [1.165, 1.54) is 0 Å². The highest BCUT2D eigenvalue weighted by Crippen LogP contribution is 2.34. The summed E-state index contributed by atoms with van der Waals surface area (Å²) in [5, 5.41) is 0. The lowest BCUT2D eigenvalue weighted by molar-refractivity contribution is -0.125. The van der Waals surface area contributed by atoms with Crippen LogP contribution in [0.5, 0.6) is 0 Å². The maximum absolute atomic E-state index is 11.9. The van der Waals surface area contributed by atoms with Gasteiger partial charge < -0.3 is 9.64 Å². The Morgan fingerprint density at radius 2 is 2.29 bits per heavy atom. The molecular formula is C13H21NO3. The van der Waals surface area contributed by atoms with Gasteiger partial charge in [0.2, 0.25) is 0 Å². The molecule has 0 aromatic rings. The summed E-state index contributed by atoms with van der Waals surface area (Å²) < 4.78 is 5.23. The summed E-state index contributed by atoms with van der Waals surface area (Å²) in [7, 11) is 0. The molecule has 2 unspecified atom stereocenters. The maximum atomic E-state index is 11.9. The third-order valence-electron chi connectivity index (χ3n) is 3.84. The molecule has 1 amide bonds. The first-order valence-electron chi connectivity index (χ1n) is 6.70. The van der Waals surface area contributed by atoms with Crippen molar-refractivity contribution in [3.05, 3.63) is 0 Å².